The predicted molar refractivity (Wildman–Crippen MR) is 44.9 cm³/mol. The van der Waals surface area contributed by atoms with Gasteiger partial charge in [-0.25, -0.2) is 4.79 Å². The van der Waals surface area contributed by atoms with E-state index in [1.165, 1.54) is 19.2 Å². The predicted octanol–water partition coefficient (Wildman–Crippen LogP) is 1.63. The number of methoxy groups -OCH3 is 1. The van der Waals surface area contributed by atoms with Crippen molar-refractivity contribution >= 4 is 11.8 Å². The Hall–Kier alpha value is -1.75. The van der Waals surface area contributed by atoms with Crippen LogP contribution in [0.4, 0.5) is 10.5 Å². The number of anilines is 1. The number of benzene rings is 1. The van der Waals surface area contributed by atoms with E-state index in [9.17, 15) is 4.79 Å². The minimum atomic E-state index is -0.773. The van der Waals surface area contributed by atoms with Gasteiger partial charge < -0.3 is 9.47 Å². The Morgan fingerprint density at radius 1 is 1.38 bits per heavy atom. The molecule has 0 aliphatic rings. The molecule has 0 aromatic heterocycles. The van der Waals surface area contributed by atoms with E-state index in [0.29, 0.717) is 11.4 Å². The summed E-state index contributed by atoms with van der Waals surface area (Å²) >= 11 is 0. The van der Waals surface area contributed by atoms with Crippen molar-refractivity contribution in [3.8, 4) is 5.75 Å². The largest absolute Gasteiger partial charge is 0.513 e. The second-order valence-electron chi connectivity index (χ2n) is 2.19. The van der Waals surface area contributed by atoms with Crippen molar-refractivity contribution < 1.29 is 19.5 Å². The van der Waals surface area contributed by atoms with Gasteiger partial charge >= 0.3 is 6.16 Å². The summed E-state index contributed by atoms with van der Waals surface area (Å²) in [4.78, 5) is 10.6. The molecular weight excluding hydrogens is 174 g/mol. The third-order valence-corrected chi connectivity index (χ3v) is 1.35. The zero-order valence-corrected chi connectivity index (χ0v) is 6.98. The molecule has 5 nitrogen and oxygen atoms in total. The topological polar surface area (TPSA) is 67.8 Å². The Morgan fingerprint density at radius 2 is 2.00 bits per heavy atom. The number of carbonyl (C=O) groups excluding carboxylic acids is 1. The summed E-state index contributed by atoms with van der Waals surface area (Å²) in [6, 6.07) is 6.15. The smallest absolute Gasteiger partial charge is 0.437 e. The minimum absolute atomic E-state index is 0.353. The van der Waals surface area contributed by atoms with Gasteiger partial charge in [0.05, 0.1) is 12.8 Å². The van der Waals surface area contributed by atoms with Crippen LogP contribution in [0.25, 0.3) is 0 Å². The van der Waals surface area contributed by atoms with Crippen molar-refractivity contribution in [1.82, 2.24) is 0 Å². The first kappa shape index (κ1) is 9.34. The van der Waals surface area contributed by atoms with Gasteiger partial charge in [-0.1, -0.05) is 0 Å². The van der Waals surface area contributed by atoms with Gasteiger partial charge in [0, 0.05) is 0 Å². The summed E-state index contributed by atoms with van der Waals surface area (Å²) in [5, 5.41) is 8.47. The lowest BCUT2D eigenvalue weighted by molar-refractivity contribution is 0.121. The van der Waals surface area contributed by atoms with Gasteiger partial charge in [-0.05, 0) is 24.3 Å². The summed E-state index contributed by atoms with van der Waals surface area (Å²) in [6.07, 6.45) is -0.773. The molecule has 5 heteroatoms. The van der Waals surface area contributed by atoms with E-state index >= 15 is 0 Å². The van der Waals surface area contributed by atoms with Crippen LogP contribution in [0.3, 0.4) is 0 Å². The minimum Gasteiger partial charge on any atom is -0.437 e. The molecule has 1 aromatic rings. The van der Waals surface area contributed by atoms with E-state index in [-0.39, 0.29) is 0 Å². The second kappa shape index (κ2) is 4.32. The van der Waals surface area contributed by atoms with Gasteiger partial charge in [-0.2, -0.15) is 0 Å². The van der Waals surface area contributed by atoms with Gasteiger partial charge in [-0.15, -0.1) is 0 Å². The maximum absolute atomic E-state index is 10.6. The molecule has 0 aliphatic carbocycles. The molecule has 0 radical (unpaired) electrons. The average Bonchev–Trinajstić information content (AvgIpc) is 2.19. The van der Waals surface area contributed by atoms with Crippen molar-refractivity contribution in [2.75, 3.05) is 12.6 Å². The molecule has 0 aliphatic heterocycles. The number of ether oxygens (including phenoxy) is 2. The first-order valence-corrected chi connectivity index (χ1v) is 3.52. The summed E-state index contributed by atoms with van der Waals surface area (Å²) in [6.45, 7) is 0. The highest BCUT2D eigenvalue weighted by atomic mass is 16.7. The maximum Gasteiger partial charge on any atom is 0.513 e. The van der Waals surface area contributed by atoms with E-state index in [4.69, 9.17) is 9.94 Å². The lowest BCUT2D eigenvalue weighted by atomic mass is 10.3. The summed E-state index contributed by atoms with van der Waals surface area (Å²) in [5.74, 6) is 0.353. The monoisotopic (exact) mass is 183 g/mol. The van der Waals surface area contributed by atoms with Crippen molar-refractivity contribution in [3.05, 3.63) is 24.3 Å². The van der Waals surface area contributed by atoms with Crippen LogP contribution < -0.4 is 10.2 Å². The van der Waals surface area contributed by atoms with Crippen molar-refractivity contribution in [3.63, 3.8) is 0 Å². The zero-order valence-electron chi connectivity index (χ0n) is 6.98. The average molecular weight is 183 g/mol. The number of hydrogen-bond donors (Lipinski definition) is 2. The molecule has 13 heavy (non-hydrogen) atoms. The molecule has 70 valence electrons. The van der Waals surface area contributed by atoms with Crippen LogP contribution in [0.1, 0.15) is 0 Å². The number of hydrogen-bond acceptors (Lipinski definition) is 5. The standard InChI is InChI=1S/C8H9NO4/c1-12-8(10)13-7-4-2-6(9-11)3-5-7/h2-5,9,11H,1H3. The third kappa shape index (κ3) is 2.64. The Kier molecular flexibility index (Phi) is 3.10. The van der Waals surface area contributed by atoms with E-state index in [0.717, 1.165) is 0 Å². The highest BCUT2D eigenvalue weighted by molar-refractivity contribution is 5.63. The van der Waals surface area contributed by atoms with Gasteiger partial charge in [-0.3, -0.25) is 10.7 Å². The maximum atomic E-state index is 10.6. The lowest BCUT2D eigenvalue weighted by Gasteiger charge is -2.02. The molecule has 0 spiro atoms. The summed E-state index contributed by atoms with van der Waals surface area (Å²) in [7, 11) is 1.23. The van der Waals surface area contributed by atoms with E-state index in [1.807, 2.05) is 5.48 Å². The van der Waals surface area contributed by atoms with Crippen molar-refractivity contribution in [1.29, 1.82) is 0 Å². The Morgan fingerprint density at radius 3 is 2.46 bits per heavy atom. The Balaban J connectivity index is 2.64. The molecule has 0 heterocycles. The van der Waals surface area contributed by atoms with E-state index in [2.05, 4.69) is 4.74 Å². The molecule has 2 N–H and O–H groups in total. The zero-order chi connectivity index (χ0) is 9.68. The summed E-state index contributed by atoms with van der Waals surface area (Å²) in [5.41, 5.74) is 2.46. The van der Waals surface area contributed by atoms with Gasteiger partial charge in [0.1, 0.15) is 5.75 Å². The van der Waals surface area contributed by atoms with E-state index in [1.54, 1.807) is 12.1 Å². The highest BCUT2D eigenvalue weighted by Gasteiger charge is 2.02. The molecule has 1 aromatic carbocycles. The fraction of sp³-hybridized carbons (Fsp3) is 0.125. The lowest BCUT2D eigenvalue weighted by Crippen LogP contribution is -2.07. The van der Waals surface area contributed by atoms with Crippen molar-refractivity contribution in [2.45, 2.75) is 0 Å². The molecular formula is C8H9NO4. The second-order valence-corrected chi connectivity index (χ2v) is 2.19. The number of carbonyl (C=O) groups is 1. The molecule has 0 unspecified atom stereocenters. The van der Waals surface area contributed by atoms with Crippen LogP contribution in [-0.4, -0.2) is 18.5 Å². The number of rotatable bonds is 2. The SMILES string of the molecule is COC(=O)Oc1ccc(NO)cc1. The van der Waals surface area contributed by atoms with Gasteiger partial charge in [0.25, 0.3) is 0 Å². The third-order valence-electron chi connectivity index (χ3n) is 1.35. The fourth-order valence-electron chi connectivity index (χ4n) is 0.735. The Labute approximate surface area is 74.8 Å². The molecule has 0 saturated carbocycles. The molecule has 0 atom stereocenters. The molecule has 0 amide bonds. The van der Waals surface area contributed by atoms with Crippen LogP contribution in [0.2, 0.25) is 0 Å². The molecule has 0 fully saturated rings. The normalized spacial score (nSPS) is 9.08. The van der Waals surface area contributed by atoms with Crippen LogP contribution in [-0.2, 0) is 4.74 Å². The van der Waals surface area contributed by atoms with E-state index < -0.39 is 6.16 Å². The van der Waals surface area contributed by atoms with Gasteiger partial charge in [0.2, 0.25) is 0 Å². The molecule has 0 bridgehead atoms. The van der Waals surface area contributed by atoms with Gasteiger partial charge in [0.15, 0.2) is 0 Å². The van der Waals surface area contributed by atoms with Crippen molar-refractivity contribution in [2.24, 2.45) is 0 Å². The van der Waals surface area contributed by atoms with Crippen LogP contribution >= 0.6 is 0 Å². The Bertz CT molecular complexity index is 283. The fourth-order valence-corrected chi connectivity index (χ4v) is 0.735. The van der Waals surface area contributed by atoms with Crippen LogP contribution in [0, 0.1) is 0 Å². The number of nitrogens with one attached hydrogen (secondary N) is 1. The first-order chi connectivity index (χ1) is 6.26. The van der Waals surface area contributed by atoms with Crippen LogP contribution in [0.15, 0.2) is 24.3 Å². The first-order valence-electron chi connectivity index (χ1n) is 3.52. The quantitative estimate of drug-likeness (QED) is 0.414. The van der Waals surface area contributed by atoms with Crippen LogP contribution in [0.5, 0.6) is 5.75 Å². The molecule has 1 rings (SSSR count). The molecule has 0 saturated heterocycles. The highest BCUT2D eigenvalue weighted by Crippen LogP contribution is 2.15. The summed E-state index contributed by atoms with van der Waals surface area (Å²) < 4.78 is 8.98.